The molecule has 0 radical (unpaired) electrons. The predicted octanol–water partition coefficient (Wildman–Crippen LogP) is 3.68. The van der Waals surface area contributed by atoms with Gasteiger partial charge in [-0.25, -0.2) is 0 Å². The van der Waals surface area contributed by atoms with Crippen molar-refractivity contribution in [1.82, 2.24) is 9.88 Å². The van der Waals surface area contributed by atoms with Gasteiger partial charge in [-0.3, -0.25) is 9.59 Å². The predicted molar refractivity (Wildman–Crippen MR) is 94.5 cm³/mol. The van der Waals surface area contributed by atoms with Crippen molar-refractivity contribution in [2.24, 2.45) is 0 Å². The Labute approximate surface area is 142 Å². The third-order valence-electron chi connectivity index (χ3n) is 4.96. The number of aromatic nitrogens is 1. The fraction of sp³-hybridized carbons (Fsp3) is 0.400. The first-order chi connectivity index (χ1) is 11.5. The second kappa shape index (κ2) is 6.63. The van der Waals surface area contributed by atoms with Gasteiger partial charge in [0.1, 0.15) is 5.69 Å². The molecule has 0 aliphatic carbocycles. The zero-order chi connectivity index (χ0) is 17.3. The normalized spacial score (nSPS) is 17.3. The number of hydrogen-bond acceptors (Lipinski definition) is 2. The molecule has 4 heteroatoms. The number of carbonyl (C=O) groups is 2. The van der Waals surface area contributed by atoms with Crippen molar-refractivity contribution >= 4 is 11.7 Å². The van der Waals surface area contributed by atoms with E-state index in [9.17, 15) is 9.59 Å². The number of H-pyrrole nitrogens is 1. The Balaban J connectivity index is 1.84. The average Bonchev–Trinajstić information content (AvgIpc) is 3.12. The molecule has 1 amide bonds. The molecule has 1 atom stereocenters. The van der Waals surface area contributed by atoms with Gasteiger partial charge in [0.05, 0.1) is 0 Å². The largest absolute Gasteiger partial charge is 0.354 e. The van der Waals surface area contributed by atoms with Crippen LogP contribution in [0.3, 0.4) is 0 Å². The molecule has 2 aromatic rings. The summed E-state index contributed by atoms with van der Waals surface area (Å²) in [6, 6.07) is 10.5. The lowest BCUT2D eigenvalue weighted by Crippen LogP contribution is -2.37. The molecule has 1 aromatic carbocycles. The SMILES string of the molecule is CC(=O)c1c(C)[nH]c(C(=O)N2CCCC2Cc2ccccc2)c1C. The van der Waals surface area contributed by atoms with Crippen LogP contribution < -0.4 is 0 Å². The van der Waals surface area contributed by atoms with Crippen LogP contribution in [0.2, 0.25) is 0 Å². The topological polar surface area (TPSA) is 53.2 Å². The van der Waals surface area contributed by atoms with Crippen molar-refractivity contribution in [1.29, 1.82) is 0 Å². The molecule has 1 N–H and O–H groups in total. The molecular weight excluding hydrogens is 300 g/mol. The number of amides is 1. The lowest BCUT2D eigenvalue weighted by Gasteiger charge is -2.25. The quantitative estimate of drug-likeness (QED) is 0.872. The van der Waals surface area contributed by atoms with Crippen LogP contribution >= 0.6 is 0 Å². The summed E-state index contributed by atoms with van der Waals surface area (Å²) in [4.78, 5) is 30.0. The number of likely N-dealkylation sites (tertiary alicyclic amines) is 1. The van der Waals surface area contributed by atoms with Crippen molar-refractivity contribution in [3.8, 4) is 0 Å². The van der Waals surface area contributed by atoms with Crippen LogP contribution in [0.15, 0.2) is 30.3 Å². The van der Waals surface area contributed by atoms with Crippen LogP contribution in [0, 0.1) is 13.8 Å². The Morgan fingerprint density at radius 2 is 1.92 bits per heavy atom. The van der Waals surface area contributed by atoms with Crippen LogP contribution in [0.25, 0.3) is 0 Å². The van der Waals surface area contributed by atoms with Gasteiger partial charge in [0.25, 0.3) is 5.91 Å². The zero-order valence-electron chi connectivity index (χ0n) is 14.6. The van der Waals surface area contributed by atoms with Gasteiger partial charge in [0.15, 0.2) is 5.78 Å². The summed E-state index contributed by atoms with van der Waals surface area (Å²) < 4.78 is 0. The third-order valence-corrected chi connectivity index (χ3v) is 4.96. The van der Waals surface area contributed by atoms with Crippen LogP contribution in [0.4, 0.5) is 0 Å². The number of aryl methyl sites for hydroxylation is 1. The highest BCUT2D eigenvalue weighted by atomic mass is 16.2. The maximum Gasteiger partial charge on any atom is 0.270 e. The molecule has 0 spiro atoms. The van der Waals surface area contributed by atoms with Crippen molar-refractivity contribution in [3.05, 3.63) is 58.4 Å². The molecule has 1 aliphatic heterocycles. The summed E-state index contributed by atoms with van der Waals surface area (Å²) in [7, 11) is 0. The van der Waals surface area contributed by atoms with Gasteiger partial charge in [0.2, 0.25) is 0 Å². The second-order valence-corrected chi connectivity index (χ2v) is 6.67. The van der Waals surface area contributed by atoms with E-state index >= 15 is 0 Å². The number of nitrogens with one attached hydrogen (secondary N) is 1. The van der Waals surface area contributed by atoms with E-state index in [4.69, 9.17) is 0 Å². The summed E-state index contributed by atoms with van der Waals surface area (Å²) in [5.74, 6) is 0.0177. The Bertz CT molecular complexity index is 761. The summed E-state index contributed by atoms with van der Waals surface area (Å²) >= 11 is 0. The highest BCUT2D eigenvalue weighted by Crippen LogP contribution is 2.26. The molecule has 1 saturated heterocycles. The molecule has 2 heterocycles. The van der Waals surface area contributed by atoms with Crippen LogP contribution in [-0.2, 0) is 6.42 Å². The van der Waals surface area contributed by atoms with E-state index in [1.54, 1.807) is 6.92 Å². The Hall–Kier alpha value is -2.36. The molecule has 0 saturated carbocycles. The van der Waals surface area contributed by atoms with E-state index in [2.05, 4.69) is 17.1 Å². The molecule has 0 bridgehead atoms. The molecule has 1 unspecified atom stereocenters. The minimum atomic E-state index is 0.00237. The number of rotatable bonds is 4. The van der Waals surface area contributed by atoms with Crippen molar-refractivity contribution in [3.63, 3.8) is 0 Å². The lowest BCUT2D eigenvalue weighted by molar-refractivity contribution is 0.0730. The maximum atomic E-state index is 13.0. The standard InChI is InChI=1S/C20H24N2O2/c1-13-18(15(3)23)14(2)21-19(13)20(24)22-11-7-10-17(22)12-16-8-5-4-6-9-16/h4-6,8-9,17,21H,7,10-12H2,1-3H3. The highest BCUT2D eigenvalue weighted by Gasteiger charge is 2.32. The first-order valence-electron chi connectivity index (χ1n) is 8.54. The first kappa shape index (κ1) is 16.5. The number of Topliss-reactive ketones (excluding diaryl/α,β-unsaturated/α-hetero) is 1. The van der Waals surface area contributed by atoms with Gasteiger partial charge < -0.3 is 9.88 Å². The van der Waals surface area contributed by atoms with Gasteiger partial charge >= 0.3 is 0 Å². The van der Waals surface area contributed by atoms with E-state index in [-0.39, 0.29) is 17.7 Å². The number of nitrogens with zero attached hydrogens (tertiary/aromatic N) is 1. The fourth-order valence-corrected chi connectivity index (χ4v) is 3.84. The monoisotopic (exact) mass is 324 g/mol. The Kier molecular flexibility index (Phi) is 4.56. The lowest BCUT2D eigenvalue weighted by atomic mass is 10.0. The van der Waals surface area contributed by atoms with Crippen molar-refractivity contribution < 1.29 is 9.59 Å². The van der Waals surface area contributed by atoms with Crippen LogP contribution in [0.1, 0.15) is 57.4 Å². The number of hydrogen-bond donors (Lipinski definition) is 1. The van der Waals surface area contributed by atoms with E-state index < -0.39 is 0 Å². The Morgan fingerprint density at radius 1 is 1.21 bits per heavy atom. The number of aromatic amines is 1. The minimum Gasteiger partial charge on any atom is -0.354 e. The second-order valence-electron chi connectivity index (χ2n) is 6.67. The molecule has 4 nitrogen and oxygen atoms in total. The molecule has 1 aliphatic rings. The van der Waals surface area contributed by atoms with E-state index in [0.717, 1.165) is 37.1 Å². The summed E-state index contributed by atoms with van der Waals surface area (Å²) in [6.45, 7) is 6.04. The zero-order valence-corrected chi connectivity index (χ0v) is 14.6. The van der Waals surface area contributed by atoms with Crippen LogP contribution in [0.5, 0.6) is 0 Å². The molecule has 126 valence electrons. The van der Waals surface area contributed by atoms with E-state index in [1.807, 2.05) is 36.9 Å². The molecule has 1 aromatic heterocycles. The van der Waals surface area contributed by atoms with Gasteiger partial charge in [0, 0.05) is 23.8 Å². The average molecular weight is 324 g/mol. The van der Waals surface area contributed by atoms with Crippen molar-refractivity contribution in [2.75, 3.05) is 6.54 Å². The fourth-order valence-electron chi connectivity index (χ4n) is 3.84. The van der Waals surface area contributed by atoms with Gasteiger partial charge in [-0.05, 0) is 51.2 Å². The molecule has 1 fully saturated rings. The summed E-state index contributed by atoms with van der Waals surface area (Å²) in [5, 5.41) is 0. The molecule has 24 heavy (non-hydrogen) atoms. The minimum absolute atomic E-state index is 0.00237. The smallest absolute Gasteiger partial charge is 0.270 e. The number of ketones is 1. The van der Waals surface area contributed by atoms with Gasteiger partial charge in [-0.1, -0.05) is 30.3 Å². The molecule has 3 rings (SSSR count). The van der Waals surface area contributed by atoms with Gasteiger partial charge in [-0.15, -0.1) is 0 Å². The molecular formula is C20H24N2O2. The first-order valence-corrected chi connectivity index (χ1v) is 8.54. The number of carbonyl (C=O) groups excluding carboxylic acids is 2. The number of benzene rings is 1. The summed E-state index contributed by atoms with van der Waals surface area (Å²) in [5.41, 5.74) is 4.03. The maximum absolute atomic E-state index is 13.0. The Morgan fingerprint density at radius 3 is 2.54 bits per heavy atom. The van der Waals surface area contributed by atoms with Gasteiger partial charge in [-0.2, -0.15) is 0 Å². The van der Waals surface area contributed by atoms with E-state index in [0.29, 0.717) is 11.3 Å². The highest BCUT2D eigenvalue weighted by molar-refractivity contribution is 6.02. The van der Waals surface area contributed by atoms with E-state index in [1.165, 1.54) is 5.56 Å². The summed E-state index contributed by atoms with van der Waals surface area (Å²) in [6.07, 6.45) is 2.94. The van der Waals surface area contributed by atoms with Crippen molar-refractivity contribution in [2.45, 2.75) is 46.1 Å². The third kappa shape index (κ3) is 3.01. The van der Waals surface area contributed by atoms with Crippen LogP contribution in [-0.4, -0.2) is 34.2 Å².